The smallest absolute Gasteiger partial charge is 0.224 e. The second-order valence-corrected chi connectivity index (χ2v) is 8.19. The molecule has 0 bridgehead atoms. The summed E-state index contributed by atoms with van der Waals surface area (Å²) in [4.78, 5) is 13.7. The lowest BCUT2D eigenvalue weighted by Crippen LogP contribution is -2.27. The fourth-order valence-corrected chi connectivity index (χ4v) is 4.50. The van der Waals surface area contributed by atoms with Crippen molar-refractivity contribution in [1.29, 1.82) is 0 Å². The molecule has 0 aliphatic heterocycles. The molecule has 0 saturated heterocycles. The molecule has 0 aliphatic carbocycles. The van der Waals surface area contributed by atoms with E-state index in [2.05, 4.69) is 27.9 Å². The maximum atomic E-state index is 12.3. The molecule has 0 atom stereocenters. The van der Waals surface area contributed by atoms with E-state index in [-0.39, 0.29) is 5.91 Å². The number of nitrogens with zero attached hydrogens (tertiary/aromatic N) is 2. The predicted octanol–water partition coefficient (Wildman–Crippen LogP) is 4.14. The first kappa shape index (κ1) is 18.7. The summed E-state index contributed by atoms with van der Waals surface area (Å²) in [6.07, 6.45) is 0.375. The van der Waals surface area contributed by atoms with Gasteiger partial charge >= 0.3 is 0 Å². The normalized spacial score (nSPS) is 10.8. The van der Waals surface area contributed by atoms with Gasteiger partial charge < -0.3 is 5.32 Å². The predicted molar refractivity (Wildman–Crippen MR) is 110 cm³/mol. The van der Waals surface area contributed by atoms with Crippen LogP contribution in [-0.2, 0) is 17.0 Å². The van der Waals surface area contributed by atoms with Gasteiger partial charge in [0.2, 0.25) is 5.91 Å². The lowest BCUT2D eigenvalue weighted by molar-refractivity contribution is -0.120. The van der Waals surface area contributed by atoms with Crippen LogP contribution >= 0.6 is 23.1 Å². The molecule has 2 heterocycles. The van der Waals surface area contributed by atoms with E-state index in [1.54, 1.807) is 11.3 Å². The van der Waals surface area contributed by atoms with E-state index in [4.69, 9.17) is 0 Å². The highest BCUT2D eigenvalue weighted by atomic mass is 32.2. The summed E-state index contributed by atoms with van der Waals surface area (Å²) >= 11 is 3.62. The van der Waals surface area contributed by atoms with Gasteiger partial charge in [-0.3, -0.25) is 4.79 Å². The number of benzene rings is 1. The molecule has 2 aromatic heterocycles. The van der Waals surface area contributed by atoms with Crippen LogP contribution in [0.2, 0.25) is 0 Å². The van der Waals surface area contributed by atoms with Crippen LogP contribution < -0.4 is 5.32 Å². The minimum absolute atomic E-state index is 0.0561. The third-order valence-corrected chi connectivity index (χ3v) is 6.24. The number of amides is 1. The van der Waals surface area contributed by atoms with E-state index in [1.165, 1.54) is 4.88 Å². The zero-order chi connectivity index (χ0) is 18.4. The zero-order valence-electron chi connectivity index (χ0n) is 15.1. The van der Waals surface area contributed by atoms with E-state index >= 15 is 0 Å². The number of carbonyl (C=O) groups is 1. The van der Waals surface area contributed by atoms with Crippen LogP contribution in [0.25, 0.3) is 5.69 Å². The Morgan fingerprint density at radius 1 is 1.19 bits per heavy atom. The fraction of sp³-hybridized carbons (Fsp3) is 0.300. The largest absolute Gasteiger partial charge is 0.355 e. The SMILES string of the molecule is Cc1nn(-c2ccccc2)c(C)c1CC(=O)NCCSCc1cccs1. The van der Waals surface area contributed by atoms with Crippen LogP contribution in [0.15, 0.2) is 47.8 Å². The Kier molecular flexibility index (Phi) is 6.52. The van der Waals surface area contributed by atoms with Crippen molar-refractivity contribution < 1.29 is 4.79 Å². The number of carbonyl (C=O) groups excluding carboxylic acids is 1. The van der Waals surface area contributed by atoms with Crippen LogP contribution in [-0.4, -0.2) is 28.0 Å². The molecule has 1 N–H and O–H groups in total. The molecule has 4 nitrogen and oxygen atoms in total. The topological polar surface area (TPSA) is 46.9 Å². The average molecular weight is 386 g/mol. The van der Waals surface area contributed by atoms with E-state index in [0.29, 0.717) is 13.0 Å². The summed E-state index contributed by atoms with van der Waals surface area (Å²) in [5.41, 5.74) is 3.96. The van der Waals surface area contributed by atoms with E-state index in [0.717, 1.165) is 34.1 Å². The number of rotatable bonds is 8. The summed E-state index contributed by atoms with van der Waals surface area (Å²) < 4.78 is 1.91. The molecule has 1 amide bonds. The van der Waals surface area contributed by atoms with Crippen molar-refractivity contribution in [2.75, 3.05) is 12.3 Å². The third kappa shape index (κ3) is 4.77. The number of thiophene rings is 1. The first-order valence-corrected chi connectivity index (χ1v) is 10.7. The van der Waals surface area contributed by atoms with Crippen molar-refractivity contribution in [1.82, 2.24) is 15.1 Å². The summed E-state index contributed by atoms with van der Waals surface area (Å²) in [5.74, 6) is 1.99. The number of aryl methyl sites for hydroxylation is 1. The average Bonchev–Trinajstić information content (AvgIpc) is 3.26. The molecule has 0 spiro atoms. The van der Waals surface area contributed by atoms with Gasteiger partial charge in [-0.15, -0.1) is 11.3 Å². The van der Waals surface area contributed by atoms with E-state index in [9.17, 15) is 4.79 Å². The Morgan fingerprint density at radius 2 is 2.00 bits per heavy atom. The van der Waals surface area contributed by atoms with E-state index < -0.39 is 0 Å². The lowest BCUT2D eigenvalue weighted by Gasteiger charge is -2.07. The molecule has 6 heteroatoms. The molecule has 0 radical (unpaired) electrons. The Morgan fingerprint density at radius 3 is 2.73 bits per heavy atom. The third-order valence-electron chi connectivity index (χ3n) is 4.17. The van der Waals surface area contributed by atoms with Gasteiger partial charge in [-0.05, 0) is 37.4 Å². The molecule has 0 fully saturated rings. The maximum absolute atomic E-state index is 12.3. The molecular weight excluding hydrogens is 362 g/mol. The summed E-state index contributed by atoms with van der Waals surface area (Å²) in [7, 11) is 0. The van der Waals surface area contributed by atoms with Gasteiger partial charge in [0.05, 0.1) is 17.8 Å². The van der Waals surface area contributed by atoms with Crippen LogP contribution in [0, 0.1) is 13.8 Å². The highest BCUT2D eigenvalue weighted by Crippen LogP contribution is 2.19. The molecule has 3 rings (SSSR count). The highest BCUT2D eigenvalue weighted by Gasteiger charge is 2.15. The Balaban J connectivity index is 1.50. The van der Waals surface area contributed by atoms with Crippen LogP contribution in [0.3, 0.4) is 0 Å². The maximum Gasteiger partial charge on any atom is 0.224 e. The number of para-hydroxylation sites is 1. The van der Waals surface area contributed by atoms with Crippen molar-refractivity contribution >= 4 is 29.0 Å². The van der Waals surface area contributed by atoms with Gasteiger partial charge in [0.15, 0.2) is 0 Å². The van der Waals surface area contributed by atoms with Crippen LogP contribution in [0.4, 0.5) is 0 Å². The molecule has 26 heavy (non-hydrogen) atoms. The van der Waals surface area contributed by atoms with Gasteiger partial charge in [0, 0.05) is 34.2 Å². The van der Waals surface area contributed by atoms with Crippen molar-refractivity contribution in [3.8, 4) is 5.69 Å². The van der Waals surface area contributed by atoms with Crippen molar-refractivity contribution in [3.63, 3.8) is 0 Å². The quantitative estimate of drug-likeness (QED) is 0.593. The van der Waals surface area contributed by atoms with Crippen molar-refractivity contribution in [3.05, 3.63) is 69.7 Å². The Hall–Kier alpha value is -2.05. The van der Waals surface area contributed by atoms with E-state index in [1.807, 2.05) is 60.6 Å². The number of thioether (sulfide) groups is 1. The number of hydrogen-bond acceptors (Lipinski definition) is 4. The van der Waals surface area contributed by atoms with Gasteiger partial charge in [0.25, 0.3) is 0 Å². The van der Waals surface area contributed by atoms with Gasteiger partial charge in [-0.2, -0.15) is 16.9 Å². The second kappa shape index (κ2) is 9.05. The molecule has 0 aliphatic rings. The number of nitrogens with one attached hydrogen (secondary N) is 1. The summed E-state index contributed by atoms with van der Waals surface area (Å²) in [5, 5.41) is 9.72. The van der Waals surface area contributed by atoms with Crippen LogP contribution in [0.5, 0.6) is 0 Å². The minimum Gasteiger partial charge on any atom is -0.355 e. The van der Waals surface area contributed by atoms with Crippen molar-refractivity contribution in [2.45, 2.75) is 26.0 Å². The molecule has 0 saturated carbocycles. The molecule has 0 unspecified atom stereocenters. The summed E-state index contributed by atoms with van der Waals surface area (Å²) in [6, 6.07) is 14.2. The fourth-order valence-electron chi connectivity index (χ4n) is 2.80. The first-order valence-electron chi connectivity index (χ1n) is 8.62. The number of hydrogen-bond donors (Lipinski definition) is 1. The van der Waals surface area contributed by atoms with Crippen molar-refractivity contribution in [2.24, 2.45) is 0 Å². The first-order chi connectivity index (χ1) is 12.6. The second-order valence-electron chi connectivity index (χ2n) is 6.06. The molecule has 3 aromatic rings. The molecular formula is C20H23N3OS2. The van der Waals surface area contributed by atoms with Gasteiger partial charge in [0.1, 0.15) is 0 Å². The Bertz CT molecular complexity index is 842. The zero-order valence-corrected chi connectivity index (χ0v) is 16.7. The van der Waals surface area contributed by atoms with Gasteiger partial charge in [-0.25, -0.2) is 4.68 Å². The Labute approximate surface area is 162 Å². The monoisotopic (exact) mass is 385 g/mol. The standard InChI is InChI=1S/C20H23N3OS2/c1-15-19(16(2)23(22-15)17-7-4-3-5-8-17)13-20(24)21-10-12-25-14-18-9-6-11-26-18/h3-9,11H,10,12-14H2,1-2H3,(H,21,24). The van der Waals surface area contributed by atoms with Gasteiger partial charge in [-0.1, -0.05) is 24.3 Å². The molecule has 1 aromatic carbocycles. The lowest BCUT2D eigenvalue weighted by atomic mass is 10.1. The molecule has 136 valence electrons. The summed E-state index contributed by atoms with van der Waals surface area (Å²) in [6.45, 7) is 4.68. The number of aromatic nitrogens is 2. The highest BCUT2D eigenvalue weighted by molar-refractivity contribution is 7.98. The van der Waals surface area contributed by atoms with Crippen LogP contribution in [0.1, 0.15) is 21.8 Å². The minimum atomic E-state index is 0.0561.